The normalized spacial score (nSPS) is 11.0. The summed E-state index contributed by atoms with van der Waals surface area (Å²) in [4.78, 5) is 12.0. The minimum Gasteiger partial charge on any atom is -0.329 e. The first kappa shape index (κ1) is 15.3. The molecular formula is C16H16ClFN2O. The average molecular weight is 307 g/mol. The van der Waals surface area contributed by atoms with E-state index in [-0.39, 0.29) is 5.82 Å². The maximum Gasteiger partial charge on any atom is 0.319 e. The first-order chi connectivity index (χ1) is 9.88. The molecule has 3 nitrogen and oxygen atoms in total. The molecule has 2 amide bonds. The first-order valence-corrected chi connectivity index (χ1v) is 6.86. The van der Waals surface area contributed by atoms with Crippen LogP contribution in [0.5, 0.6) is 0 Å². The van der Waals surface area contributed by atoms with Crippen LogP contribution in [0.15, 0.2) is 48.5 Å². The Hall–Kier alpha value is -2.07. The van der Waals surface area contributed by atoms with Gasteiger partial charge in [-0.15, -0.1) is 0 Å². The predicted molar refractivity (Wildman–Crippen MR) is 83.0 cm³/mol. The summed E-state index contributed by atoms with van der Waals surface area (Å²) in [6, 6.07) is 12.7. The van der Waals surface area contributed by atoms with Gasteiger partial charge in [0.2, 0.25) is 0 Å². The number of halogens is 2. The topological polar surface area (TPSA) is 41.1 Å². The fourth-order valence-corrected chi connectivity index (χ4v) is 2.14. The molecule has 0 bridgehead atoms. The van der Waals surface area contributed by atoms with Crippen LogP contribution in [-0.4, -0.2) is 6.03 Å². The van der Waals surface area contributed by atoms with Crippen LogP contribution in [0, 0.1) is 5.82 Å². The van der Waals surface area contributed by atoms with E-state index in [1.54, 1.807) is 56.3 Å². The molecular weight excluding hydrogens is 291 g/mol. The lowest BCUT2D eigenvalue weighted by Gasteiger charge is -2.27. The zero-order valence-electron chi connectivity index (χ0n) is 11.8. The van der Waals surface area contributed by atoms with E-state index in [1.807, 2.05) is 0 Å². The predicted octanol–water partition coefficient (Wildman–Crippen LogP) is 4.54. The van der Waals surface area contributed by atoms with Crippen molar-refractivity contribution in [3.05, 3.63) is 64.9 Å². The number of anilines is 1. The standard InChI is InChI=1S/C16H16ClFN2O/c1-16(2,13-5-3-4-6-14(13)18)20-15(21)19-12-9-7-11(17)8-10-12/h3-10H,1-2H3,(H2,19,20,21). The maximum absolute atomic E-state index is 13.8. The van der Waals surface area contributed by atoms with Crippen molar-refractivity contribution < 1.29 is 9.18 Å². The van der Waals surface area contributed by atoms with Gasteiger partial charge in [0.05, 0.1) is 5.54 Å². The highest BCUT2D eigenvalue weighted by molar-refractivity contribution is 6.30. The van der Waals surface area contributed by atoms with Crippen LogP contribution >= 0.6 is 11.6 Å². The van der Waals surface area contributed by atoms with Gasteiger partial charge in [0, 0.05) is 16.3 Å². The van der Waals surface area contributed by atoms with Gasteiger partial charge in [-0.25, -0.2) is 9.18 Å². The molecule has 0 aromatic heterocycles. The number of hydrogen-bond acceptors (Lipinski definition) is 1. The van der Waals surface area contributed by atoms with E-state index >= 15 is 0 Å². The Kier molecular flexibility index (Phi) is 4.48. The summed E-state index contributed by atoms with van der Waals surface area (Å²) >= 11 is 5.78. The Balaban J connectivity index is 2.08. The molecule has 0 atom stereocenters. The zero-order chi connectivity index (χ0) is 15.5. The van der Waals surface area contributed by atoms with Gasteiger partial charge in [-0.3, -0.25) is 0 Å². The largest absolute Gasteiger partial charge is 0.329 e. The monoisotopic (exact) mass is 306 g/mol. The van der Waals surface area contributed by atoms with Gasteiger partial charge in [0.1, 0.15) is 5.82 Å². The van der Waals surface area contributed by atoms with Crippen molar-refractivity contribution in [3.63, 3.8) is 0 Å². The highest BCUT2D eigenvalue weighted by atomic mass is 35.5. The summed E-state index contributed by atoms with van der Waals surface area (Å²) in [5.74, 6) is -0.353. The van der Waals surface area contributed by atoms with E-state index in [1.165, 1.54) is 6.07 Å². The molecule has 0 saturated carbocycles. The van der Waals surface area contributed by atoms with E-state index in [0.29, 0.717) is 16.3 Å². The van der Waals surface area contributed by atoms with Gasteiger partial charge in [-0.05, 0) is 44.2 Å². The van der Waals surface area contributed by atoms with E-state index in [0.717, 1.165) is 0 Å². The second-order valence-corrected chi connectivity index (χ2v) is 5.63. The third-order valence-electron chi connectivity index (χ3n) is 3.08. The summed E-state index contributed by atoms with van der Waals surface area (Å²) in [6.45, 7) is 3.49. The van der Waals surface area contributed by atoms with Crippen molar-refractivity contribution in [2.45, 2.75) is 19.4 Å². The summed E-state index contributed by atoms with van der Waals surface area (Å²) < 4.78 is 13.8. The Labute approximate surface area is 128 Å². The molecule has 2 aromatic carbocycles. The molecule has 0 heterocycles. The van der Waals surface area contributed by atoms with Crippen LogP contribution in [0.25, 0.3) is 0 Å². The Morgan fingerprint density at radius 2 is 1.71 bits per heavy atom. The van der Waals surface area contributed by atoms with Crippen LogP contribution in [0.4, 0.5) is 14.9 Å². The van der Waals surface area contributed by atoms with Crippen molar-refractivity contribution in [2.75, 3.05) is 5.32 Å². The first-order valence-electron chi connectivity index (χ1n) is 6.48. The number of hydrogen-bond donors (Lipinski definition) is 2. The third kappa shape index (κ3) is 3.95. The number of carbonyl (C=O) groups excluding carboxylic acids is 1. The van der Waals surface area contributed by atoms with Crippen molar-refractivity contribution in [1.82, 2.24) is 5.32 Å². The molecule has 0 fully saturated rings. The number of amides is 2. The van der Waals surface area contributed by atoms with Crippen molar-refractivity contribution in [3.8, 4) is 0 Å². The lowest BCUT2D eigenvalue weighted by Crippen LogP contribution is -2.43. The lowest BCUT2D eigenvalue weighted by molar-refractivity contribution is 0.241. The SMILES string of the molecule is CC(C)(NC(=O)Nc1ccc(Cl)cc1)c1ccccc1F. The zero-order valence-corrected chi connectivity index (χ0v) is 12.5. The minimum atomic E-state index is -0.831. The highest BCUT2D eigenvalue weighted by Gasteiger charge is 2.25. The molecule has 0 spiro atoms. The number of rotatable bonds is 3. The quantitative estimate of drug-likeness (QED) is 0.859. The average Bonchev–Trinajstić information content (AvgIpc) is 2.41. The van der Waals surface area contributed by atoms with Crippen LogP contribution < -0.4 is 10.6 Å². The van der Waals surface area contributed by atoms with E-state index in [2.05, 4.69) is 10.6 Å². The Bertz CT molecular complexity index is 641. The van der Waals surface area contributed by atoms with E-state index < -0.39 is 11.6 Å². The Morgan fingerprint density at radius 3 is 2.33 bits per heavy atom. The minimum absolute atomic E-state index is 0.353. The summed E-state index contributed by atoms with van der Waals surface area (Å²) in [7, 11) is 0. The summed E-state index contributed by atoms with van der Waals surface area (Å²) in [5.41, 5.74) is 0.208. The Morgan fingerprint density at radius 1 is 1.10 bits per heavy atom. The van der Waals surface area contributed by atoms with E-state index in [9.17, 15) is 9.18 Å². The molecule has 21 heavy (non-hydrogen) atoms. The number of nitrogens with one attached hydrogen (secondary N) is 2. The van der Waals surface area contributed by atoms with Crippen LogP contribution in [0.1, 0.15) is 19.4 Å². The molecule has 5 heteroatoms. The van der Waals surface area contributed by atoms with Crippen molar-refractivity contribution >= 4 is 23.3 Å². The second kappa shape index (κ2) is 6.14. The van der Waals surface area contributed by atoms with E-state index in [4.69, 9.17) is 11.6 Å². The summed E-state index contributed by atoms with van der Waals surface area (Å²) in [5, 5.41) is 6.03. The molecule has 0 aliphatic carbocycles. The van der Waals surface area contributed by atoms with Crippen molar-refractivity contribution in [2.24, 2.45) is 0 Å². The highest BCUT2D eigenvalue weighted by Crippen LogP contribution is 2.23. The van der Waals surface area contributed by atoms with Crippen LogP contribution in [0.3, 0.4) is 0 Å². The third-order valence-corrected chi connectivity index (χ3v) is 3.33. The number of urea groups is 1. The molecule has 0 radical (unpaired) electrons. The van der Waals surface area contributed by atoms with Gasteiger partial charge < -0.3 is 10.6 Å². The molecule has 2 aromatic rings. The molecule has 0 saturated heterocycles. The molecule has 110 valence electrons. The van der Waals surface area contributed by atoms with Gasteiger partial charge in [-0.2, -0.15) is 0 Å². The van der Waals surface area contributed by atoms with Crippen LogP contribution in [0.2, 0.25) is 5.02 Å². The second-order valence-electron chi connectivity index (χ2n) is 5.19. The maximum atomic E-state index is 13.8. The summed E-state index contributed by atoms with van der Waals surface area (Å²) in [6.07, 6.45) is 0. The number of benzene rings is 2. The molecule has 0 unspecified atom stereocenters. The smallest absolute Gasteiger partial charge is 0.319 e. The molecule has 2 rings (SSSR count). The molecule has 0 aliphatic heterocycles. The van der Waals surface area contributed by atoms with Gasteiger partial charge in [-0.1, -0.05) is 29.8 Å². The molecule has 2 N–H and O–H groups in total. The van der Waals surface area contributed by atoms with Gasteiger partial charge in [0.25, 0.3) is 0 Å². The van der Waals surface area contributed by atoms with Gasteiger partial charge >= 0.3 is 6.03 Å². The van der Waals surface area contributed by atoms with Crippen LogP contribution in [-0.2, 0) is 5.54 Å². The number of carbonyl (C=O) groups is 1. The van der Waals surface area contributed by atoms with Gasteiger partial charge in [0.15, 0.2) is 0 Å². The fraction of sp³-hybridized carbons (Fsp3) is 0.188. The van der Waals surface area contributed by atoms with Crippen molar-refractivity contribution in [1.29, 1.82) is 0 Å². The molecule has 0 aliphatic rings. The fourth-order valence-electron chi connectivity index (χ4n) is 2.01. The lowest BCUT2D eigenvalue weighted by atomic mass is 9.94.